The summed E-state index contributed by atoms with van der Waals surface area (Å²) in [5, 5.41) is 5.71. The van der Waals surface area contributed by atoms with Gasteiger partial charge in [-0.2, -0.15) is 5.10 Å². The van der Waals surface area contributed by atoms with Crippen LogP contribution >= 0.6 is 0 Å². The van der Waals surface area contributed by atoms with Crippen LogP contribution in [0.4, 0.5) is 5.69 Å². The van der Waals surface area contributed by atoms with Crippen molar-refractivity contribution in [2.24, 2.45) is 5.10 Å². The normalized spacial score (nSPS) is 27.0. The van der Waals surface area contributed by atoms with Crippen molar-refractivity contribution in [1.82, 2.24) is 5.01 Å². The van der Waals surface area contributed by atoms with Gasteiger partial charge in [0.2, 0.25) is 0 Å². The molecule has 1 saturated heterocycles. The Kier molecular flexibility index (Phi) is 3.49. The van der Waals surface area contributed by atoms with E-state index in [2.05, 4.69) is 16.1 Å². The van der Waals surface area contributed by atoms with Crippen molar-refractivity contribution in [2.45, 2.75) is 25.8 Å². The average Bonchev–Trinajstić information content (AvgIpc) is 3.19. The van der Waals surface area contributed by atoms with Crippen LogP contribution in [-0.2, 0) is 21.1 Å². The first-order chi connectivity index (χ1) is 11.4. The topological polar surface area (TPSA) is 70.0 Å². The van der Waals surface area contributed by atoms with E-state index in [0.29, 0.717) is 17.7 Å². The molecule has 1 aromatic rings. The van der Waals surface area contributed by atoms with Crippen molar-refractivity contribution in [3.8, 4) is 0 Å². The van der Waals surface area contributed by atoms with E-state index in [1.54, 1.807) is 6.92 Å². The monoisotopic (exact) mass is 345 g/mol. The number of anilines is 1. The molecule has 0 aliphatic carbocycles. The van der Waals surface area contributed by atoms with Crippen molar-refractivity contribution >= 4 is 27.1 Å². The number of hydrogen-bond acceptors (Lipinski definition) is 5. The molecule has 0 radical (unpaired) electrons. The van der Waals surface area contributed by atoms with E-state index in [0.717, 1.165) is 18.7 Å². The Morgan fingerprint density at radius 2 is 2.08 bits per heavy atom. The fourth-order valence-electron chi connectivity index (χ4n) is 3.56. The molecule has 4 rings (SSSR count). The number of fused-ring (bicyclic) bond motifs is 1. The van der Waals surface area contributed by atoms with Gasteiger partial charge in [-0.05, 0) is 31.4 Å². The van der Waals surface area contributed by atoms with Gasteiger partial charge in [0.25, 0.3) is 5.91 Å². The van der Waals surface area contributed by atoms with Crippen LogP contribution < -0.4 is 4.90 Å². The van der Waals surface area contributed by atoms with Crippen LogP contribution in [0.3, 0.4) is 0 Å². The van der Waals surface area contributed by atoms with Gasteiger partial charge in [0.05, 0.1) is 28.8 Å². The number of rotatable bonds is 2. The standard InChI is InChI=1S/C17H19N3O3S/c1-12-15(10-19-8-6-13-4-2-3-5-16(13)19)17(21)20(18-12)14-7-9-24(22,23)11-14/h2-5,10,14H,6-9,11H2,1H3/b15-10-. The molecule has 1 unspecified atom stereocenters. The smallest absolute Gasteiger partial charge is 0.277 e. The molecule has 1 aromatic carbocycles. The van der Waals surface area contributed by atoms with Crippen LogP contribution in [0.5, 0.6) is 0 Å². The summed E-state index contributed by atoms with van der Waals surface area (Å²) >= 11 is 0. The largest absolute Gasteiger partial charge is 0.347 e. The average molecular weight is 345 g/mol. The first-order valence-corrected chi connectivity index (χ1v) is 9.93. The Balaban J connectivity index is 1.60. The second-order valence-electron chi connectivity index (χ2n) is 6.51. The molecule has 1 fully saturated rings. The van der Waals surface area contributed by atoms with E-state index in [9.17, 15) is 13.2 Å². The van der Waals surface area contributed by atoms with Crippen molar-refractivity contribution in [2.75, 3.05) is 23.0 Å². The minimum atomic E-state index is -3.05. The zero-order valence-electron chi connectivity index (χ0n) is 13.5. The maximum atomic E-state index is 12.7. The molecule has 0 N–H and O–H groups in total. The fraction of sp³-hybridized carbons (Fsp3) is 0.412. The molecule has 1 atom stereocenters. The van der Waals surface area contributed by atoms with E-state index >= 15 is 0 Å². The predicted octanol–water partition coefficient (Wildman–Crippen LogP) is 1.34. The highest BCUT2D eigenvalue weighted by Crippen LogP contribution is 2.30. The lowest BCUT2D eigenvalue weighted by Gasteiger charge is -2.19. The number of sulfone groups is 1. The fourth-order valence-corrected chi connectivity index (χ4v) is 5.25. The quantitative estimate of drug-likeness (QED) is 0.759. The van der Waals surface area contributed by atoms with Gasteiger partial charge < -0.3 is 4.90 Å². The summed E-state index contributed by atoms with van der Waals surface area (Å²) in [6.45, 7) is 2.64. The first kappa shape index (κ1) is 15.4. The summed E-state index contributed by atoms with van der Waals surface area (Å²) in [5.41, 5.74) is 3.59. The van der Waals surface area contributed by atoms with Gasteiger partial charge in [0, 0.05) is 18.4 Å². The number of carbonyl (C=O) groups excluding carboxylic acids is 1. The van der Waals surface area contributed by atoms with Gasteiger partial charge in [0.1, 0.15) is 0 Å². The zero-order valence-corrected chi connectivity index (χ0v) is 14.3. The van der Waals surface area contributed by atoms with Crippen LogP contribution in [0.15, 0.2) is 41.1 Å². The molecule has 126 valence electrons. The van der Waals surface area contributed by atoms with Crippen molar-refractivity contribution in [3.05, 3.63) is 41.6 Å². The lowest BCUT2D eigenvalue weighted by atomic mass is 10.1. The third kappa shape index (κ3) is 2.53. The van der Waals surface area contributed by atoms with E-state index in [-0.39, 0.29) is 23.5 Å². The minimum absolute atomic E-state index is 0.00927. The van der Waals surface area contributed by atoms with Crippen LogP contribution in [0.2, 0.25) is 0 Å². The highest BCUT2D eigenvalue weighted by Gasteiger charge is 2.39. The van der Waals surface area contributed by atoms with E-state index in [1.807, 2.05) is 24.4 Å². The van der Waals surface area contributed by atoms with Gasteiger partial charge in [-0.15, -0.1) is 0 Å². The SMILES string of the molecule is CC1=NN(C2CCS(=O)(=O)C2)C(=O)/C1=C\N1CCc2ccccc21. The summed E-state index contributed by atoms with van der Waals surface area (Å²) in [7, 11) is -3.05. The Morgan fingerprint density at radius 3 is 2.83 bits per heavy atom. The Bertz CT molecular complexity index is 873. The molecule has 7 heteroatoms. The molecule has 0 bridgehead atoms. The van der Waals surface area contributed by atoms with Crippen LogP contribution in [0.25, 0.3) is 0 Å². The summed E-state index contributed by atoms with van der Waals surface area (Å²) in [4.78, 5) is 14.8. The van der Waals surface area contributed by atoms with Crippen molar-refractivity contribution in [1.29, 1.82) is 0 Å². The number of amides is 1. The second kappa shape index (κ2) is 5.44. The third-order valence-electron chi connectivity index (χ3n) is 4.85. The second-order valence-corrected chi connectivity index (χ2v) is 8.74. The van der Waals surface area contributed by atoms with E-state index in [4.69, 9.17) is 0 Å². The molecule has 3 aliphatic heterocycles. The maximum absolute atomic E-state index is 12.7. The number of benzene rings is 1. The van der Waals surface area contributed by atoms with E-state index < -0.39 is 9.84 Å². The maximum Gasteiger partial charge on any atom is 0.277 e. The number of para-hydroxylation sites is 1. The zero-order chi connectivity index (χ0) is 16.9. The van der Waals surface area contributed by atoms with Crippen molar-refractivity contribution in [3.63, 3.8) is 0 Å². The summed E-state index contributed by atoms with van der Waals surface area (Å²) in [6.07, 6.45) is 3.27. The first-order valence-electron chi connectivity index (χ1n) is 8.10. The summed E-state index contributed by atoms with van der Waals surface area (Å²) in [5.74, 6) is -0.0526. The highest BCUT2D eigenvalue weighted by atomic mass is 32.2. The summed E-state index contributed by atoms with van der Waals surface area (Å²) < 4.78 is 23.3. The molecule has 3 heterocycles. The van der Waals surface area contributed by atoms with Crippen molar-refractivity contribution < 1.29 is 13.2 Å². The molecular formula is C17H19N3O3S. The Morgan fingerprint density at radius 1 is 1.29 bits per heavy atom. The lowest BCUT2D eigenvalue weighted by Crippen LogP contribution is -2.34. The predicted molar refractivity (Wildman–Crippen MR) is 92.6 cm³/mol. The van der Waals surface area contributed by atoms with E-state index in [1.165, 1.54) is 10.6 Å². The molecule has 6 nitrogen and oxygen atoms in total. The molecule has 0 saturated carbocycles. The number of hydrazone groups is 1. The van der Waals surface area contributed by atoms with Gasteiger partial charge in [-0.1, -0.05) is 18.2 Å². The molecule has 24 heavy (non-hydrogen) atoms. The molecular weight excluding hydrogens is 326 g/mol. The molecule has 3 aliphatic rings. The number of nitrogens with zero attached hydrogens (tertiary/aromatic N) is 3. The molecule has 0 spiro atoms. The van der Waals surface area contributed by atoms with Gasteiger partial charge >= 0.3 is 0 Å². The number of carbonyl (C=O) groups is 1. The van der Waals surface area contributed by atoms with Gasteiger partial charge in [-0.3, -0.25) is 4.79 Å². The van der Waals surface area contributed by atoms with Gasteiger partial charge in [0.15, 0.2) is 9.84 Å². The highest BCUT2D eigenvalue weighted by molar-refractivity contribution is 7.91. The molecule has 1 amide bonds. The van der Waals surface area contributed by atoms with Crippen LogP contribution in [-0.4, -0.2) is 49.1 Å². The van der Waals surface area contributed by atoms with Gasteiger partial charge in [-0.25, -0.2) is 13.4 Å². The van der Waals surface area contributed by atoms with Crippen LogP contribution in [0, 0.1) is 0 Å². The summed E-state index contributed by atoms with van der Waals surface area (Å²) in [6, 6.07) is 7.82. The van der Waals surface area contributed by atoms with Crippen LogP contribution in [0.1, 0.15) is 18.9 Å². The third-order valence-corrected chi connectivity index (χ3v) is 6.60. The number of hydrogen-bond donors (Lipinski definition) is 0. The molecule has 0 aromatic heterocycles. The minimum Gasteiger partial charge on any atom is -0.347 e. The Hall–Kier alpha value is -2.15. The lowest BCUT2D eigenvalue weighted by molar-refractivity contribution is -0.127. The Labute approximate surface area is 141 Å².